The summed E-state index contributed by atoms with van der Waals surface area (Å²) in [5, 5.41) is 0. The van der Waals surface area contributed by atoms with Crippen molar-refractivity contribution < 1.29 is 19.1 Å². The Kier molecular flexibility index (Phi) is 6.87. The van der Waals surface area contributed by atoms with Crippen molar-refractivity contribution in [2.75, 3.05) is 7.11 Å². The van der Waals surface area contributed by atoms with E-state index in [0.29, 0.717) is 16.9 Å². The van der Waals surface area contributed by atoms with Gasteiger partial charge in [-0.3, -0.25) is 4.79 Å². The minimum Gasteiger partial charge on any atom is -0.496 e. The van der Waals surface area contributed by atoms with Crippen LogP contribution < -0.4 is 9.47 Å². The third-order valence-corrected chi connectivity index (χ3v) is 7.09. The van der Waals surface area contributed by atoms with Crippen LogP contribution in [0.2, 0.25) is 0 Å². The van der Waals surface area contributed by atoms with Crippen molar-refractivity contribution >= 4 is 11.8 Å². The molecule has 1 aliphatic rings. The molecular formula is C30H32O4. The maximum Gasteiger partial charge on any atom is 0.343 e. The second-order valence-electron chi connectivity index (χ2n) is 9.33. The van der Waals surface area contributed by atoms with Crippen molar-refractivity contribution in [1.82, 2.24) is 0 Å². The molecule has 34 heavy (non-hydrogen) atoms. The Balaban J connectivity index is 1.65. The van der Waals surface area contributed by atoms with Gasteiger partial charge in [0.1, 0.15) is 11.5 Å². The number of hydrogen-bond acceptors (Lipinski definition) is 4. The lowest BCUT2D eigenvalue weighted by atomic mass is 9.65. The molecule has 0 bridgehead atoms. The summed E-state index contributed by atoms with van der Waals surface area (Å²) in [6.45, 7) is 5.56. The van der Waals surface area contributed by atoms with Crippen LogP contribution in [0.1, 0.15) is 82.0 Å². The maximum atomic E-state index is 12.8. The topological polar surface area (TPSA) is 52.6 Å². The molecule has 0 radical (unpaired) electrons. The number of ketones is 1. The highest BCUT2D eigenvalue weighted by molar-refractivity contribution is 5.98. The van der Waals surface area contributed by atoms with E-state index in [4.69, 9.17) is 9.47 Å². The molecule has 4 rings (SSSR count). The molecule has 0 unspecified atom stereocenters. The molecule has 1 fully saturated rings. The number of esters is 1. The number of aryl methyl sites for hydroxylation is 2. The van der Waals surface area contributed by atoms with Crippen molar-refractivity contribution in [1.29, 1.82) is 0 Å². The van der Waals surface area contributed by atoms with E-state index >= 15 is 0 Å². The van der Waals surface area contributed by atoms with E-state index in [-0.39, 0.29) is 11.2 Å². The van der Waals surface area contributed by atoms with Gasteiger partial charge in [-0.1, -0.05) is 55.7 Å². The van der Waals surface area contributed by atoms with Gasteiger partial charge in [0.05, 0.1) is 12.7 Å². The molecule has 4 heteroatoms. The van der Waals surface area contributed by atoms with Crippen molar-refractivity contribution in [2.24, 2.45) is 0 Å². The summed E-state index contributed by atoms with van der Waals surface area (Å²) in [5.41, 5.74) is 5.44. The first-order chi connectivity index (χ1) is 16.3. The molecule has 4 nitrogen and oxygen atoms in total. The van der Waals surface area contributed by atoms with E-state index in [1.807, 2.05) is 13.0 Å². The van der Waals surface area contributed by atoms with Gasteiger partial charge in [0.25, 0.3) is 0 Å². The third kappa shape index (κ3) is 4.63. The fourth-order valence-electron chi connectivity index (χ4n) is 5.16. The van der Waals surface area contributed by atoms with Crippen molar-refractivity contribution in [3.8, 4) is 11.5 Å². The molecule has 3 aromatic carbocycles. The Bertz CT molecular complexity index is 1220. The van der Waals surface area contributed by atoms with Crippen LogP contribution in [-0.4, -0.2) is 18.9 Å². The zero-order valence-corrected chi connectivity index (χ0v) is 20.4. The standard InChI is InChI=1S/C30H32O4/c1-20-17-25(11-13-27(20)33-4)30(15-6-5-7-16-30)26-12-14-28(21(2)18-26)34-29(32)24-10-8-9-23(19-24)22(3)31/h8-14,17-19H,5-7,15-16H2,1-4H3. The second-order valence-corrected chi connectivity index (χ2v) is 9.33. The fourth-order valence-corrected chi connectivity index (χ4v) is 5.16. The largest absolute Gasteiger partial charge is 0.496 e. The van der Waals surface area contributed by atoms with Gasteiger partial charge in [0.2, 0.25) is 0 Å². The maximum absolute atomic E-state index is 12.8. The van der Waals surface area contributed by atoms with Gasteiger partial charge in [-0.15, -0.1) is 0 Å². The molecule has 0 amide bonds. The van der Waals surface area contributed by atoms with E-state index < -0.39 is 5.97 Å². The molecule has 1 saturated carbocycles. The van der Waals surface area contributed by atoms with Gasteiger partial charge in [-0.05, 0) is 80.1 Å². The number of benzene rings is 3. The highest BCUT2D eigenvalue weighted by atomic mass is 16.5. The van der Waals surface area contributed by atoms with Gasteiger partial charge in [-0.25, -0.2) is 4.79 Å². The normalized spacial score (nSPS) is 14.9. The number of ether oxygens (including phenoxy) is 2. The van der Waals surface area contributed by atoms with Crippen LogP contribution >= 0.6 is 0 Å². The zero-order chi connectivity index (χ0) is 24.3. The van der Waals surface area contributed by atoms with E-state index in [0.717, 1.165) is 29.7 Å². The van der Waals surface area contributed by atoms with Crippen LogP contribution in [0.5, 0.6) is 11.5 Å². The van der Waals surface area contributed by atoms with Gasteiger partial charge >= 0.3 is 5.97 Å². The molecule has 0 saturated heterocycles. The molecule has 1 aliphatic carbocycles. The summed E-state index contributed by atoms with van der Waals surface area (Å²) in [7, 11) is 1.71. The molecule has 176 valence electrons. The van der Waals surface area contributed by atoms with Crippen LogP contribution in [0.4, 0.5) is 0 Å². The third-order valence-electron chi connectivity index (χ3n) is 7.09. The van der Waals surface area contributed by atoms with Gasteiger partial charge in [0, 0.05) is 11.0 Å². The number of Topliss-reactive ketones (excluding diaryl/α,β-unsaturated/α-hetero) is 1. The van der Waals surface area contributed by atoms with Crippen LogP contribution in [0.3, 0.4) is 0 Å². The first-order valence-corrected chi connectivity index (χ1v) is 11.9. The number of carbonyl (C=O) groups is 2. The predicted octanol–water partition coefficient (Wildman–Crippen LogP) is 6.98. The van der Waals surface area contributed by atoms with Crippen LogP contribution in [0, 0.1) is 13.8 Å². The number of methoxy groups -OCH3 is 1. The fraction of sp³-hybridized carbons (Fsp3) is 0.333. The predicted molar refractivity (Wildman–Crippen MR) is 134 cm³/mol. The lowest BCUT2D eigenvalue weighted by molar-refractivity contribution is 0.0733. The minimum absolute atomic E-state index is 0.0571. The number of hydrogen-bond donors (Lipinski definition) is 0. The summed E-state index contributed by atoms with van der Waals surface area (Å²) in [6, 6.07) is 19.3. The highest BCUT2D eigenvalue weighted by Crippen LogP contribution is 2.46. The molecule has 0 aliphatic heterocycles. The van der Waals surface area contributed by atoms with Crippen molar-refractivity contribution in [3.05, 3.63) is 94.0 Å². The molecule has 3 aromatic rings. The smallest absolute Gasteiger partial charge is 0.343 e. The molecule has 0 atom stereocenters. The summed E-state index contributed by atoms with van der Waals surface area (Å²) in [6.07, 6.45) is 5.82. The van der Waals surface area contributed by atoms with Crippen molar-refractivity contribution in [3.63, 3.8) is 0 Å². The molecular weight excluding hydrogens is 424 g/mol. The van der Waals surface area contributed by atoms with Gasteiger partial charge in [0.15, 0.2) is 5.78 Å². The van der Waals surface area contributed by atoms with Crippen LogP contribution in [0.25, 0.3) is 0 Å². The average molecular weight is 457 g/mol. The first-order valence-electron chi connectivity index (χ1n) is 11.9. The molecule has 0 aromatic heterocycles. The van der Waals surface area contributed by atoms with E-state index in [1.54, 1.807) is 31.4 Å². The number of rotatable bonds is 6. The zero-order valence-electron chi connectivity index (χ0n) is 20.4. The molecule has 0 N–H and O–H groups in total. The van der Waals surface area contributed by atoms with Crippen LogP contribution in [-0.2, 0) is 5.41 Å². The lowest BCUT2D eigenvalue weighted by Crippen LogP contribution is -2.30. The van der Waals surface area contributed by atoms with Gasteiger partial charge < -0.3 is 9.47 Å². The Morgan fingerprint density at radius 1 is 0.765 bits per heavy atom. The summed E-state index contributed by atoms with van der Waals surface area (Å²) >= 11 is 0. The lowest BCUT2D eigenvalue weighted by Gasteiger charge is -2.39. The molecule has 0 heterocycles. The van der Waals surface area contributed by atoms with E-state index in [1.165, 1.54) is 37.3 Å². The second kappa shape index (κ2) is 9.84. The first kappa shape index (κ1) is 23.7. The SMILES string of the molecule is COc1ccc(C2(c3ccc(OC(=O)c4cccc(C(C)=O)c4)c(C)c3)CCCCC2)cc1C. The molecule has 0 spiro atoms. The monoisotopic (exact) mass is 456 g/mol. The quantitative estimate of drug-likeness (QED) is 0.228. The van der Waals surface area contributed by atoms with Crippen LogP contribution in [0.15, 0.2) is 60.7 Å². The van der Waals surface area contributed by atoms with E-state index in [2.05, 4.69) is 37.3 Å². The Labute approximate surface area is 201 Å². The summed E-state index contributed by atoms with van der Waals surface area (Å²) < 4.78 is 11.2. The van der Waals surface area contributed by atoms with E-state index in [9.17, 15) is 9.59 Å². The van der Waals surface area contributed by atoms with Gasteiger partial charge in [-0.2, -0.15) is 0 Å². The summed E-state index contributed by atoms with van der Waals surface area (Å²) in [5.74, 6) is 0.902. The highest BCUT2D eigenvalue weighted by Gasteiger charge is 2.36. The number of carbonyl (C=O) groups excluding carboxylic acids is 2. The minimum atomic E-state index is -0.461. The Hall–Kier alpha value is -3.40. The summed E-state index contributed by atoms with van der Waals surface area (Å²) in [4.78, 5) is 24.4. The Morgan fingerprint density at radius 2 is 1.35 bits per heavy atom. The Morgan fingerprint density at radius 3 is 1.91 bits per heavy atom. The van der Waals surface area contributed by atoms with Crippen molar-refractivity contribution in [2.45, 2.75) is 58.3 Å². The average Bonchev–Trinajstić information content (AvgIpc) is 2.85.